The van der Waals surface area contributed by atoms with E-state index in [1.54, 1.807) is 0 Å². The largest absolute Gasteiger partial charge is 0.366 e. The van der Waals surface area contributed by atoms with Crippen LogP contribution in [-0.2, 0) is 4.79 Å². The number of aromatic nitrogens is 1. The first kappa shape index (κ1) is 15.1. The fraction of sp³-hybridized carbons (Fsp3) is 0.421. The van der Waals surface area contributed by atoms with Crippen LogP contribution in [0.3, 0.4) is 0 Å². The molecule has 5 heteroatoms. The van der Waals surface area contributed by atoms with Gasteiger partial charge in [0.1, 0.15) is 0 Å². The van der Waals surface area contributed by atoms with E-state index in [0.29, 0.717) is 12.1 Å². The number of piperidine rings is 1. The zero-order chi connectivity index (χ0) is 16.7. The summed E-state index contributed by atoms with van der Waals surface area (Å²) in [6, 6.07) is 9.57. The number of nitrogens with two attached hydrogens (primary N) is 1. The molecule has 1 aromatic heterocycles. The number of amides is 2. The first-order chi connectivity index (χ1) is 11.6. The van der Waals surface area contributed by atoms with Gasteiger partial charge in [0.15, 0.2) is 0 Å². The van der Waals surface area contributed by atoms with Crippen LogP contribution in [0.2, 0.25) is 0 Å². The van der Waals surface area contributed by atoms with Crippen molar-refractivity contribution in [3.63, 3.8) is 0 Å². The average molecular weight is 323 g/mol. The predicted molar refractivity (Wildman–Crippen MR) is 91.5 cm³/mol. The maximum atomic E-state index is 12.4. The quantitative estimate of drug-likeness (QED) is 0.942. The van der Waals surface area contributed by atoms with E-state index in [-0.39, 0.29) is 17.7 Å². The summed E-state index contributed by atoms with van der Waals surface area (Å²) in [7, 11) is 0. The Morgan fingerprint density at radius 1 is 1.17 bits per heavy atom. The van der Waals surface area contributed by atoms with Crippen molar-refractivity contribution in [1.29, 1.82) is 0 Å². The van der Waals surface area contributed by atoms with E-state index in [4.69, 9.17) is 10.7 Å². The summed E-state index contributed by atoms with van der Waals surface area (Å²) in [5, 5.41) is 0.914. The van der Waals surface area contributed by atoms with Crippen molar-refractivity contribution < 1.29 is 9.59 Å². The lowest BCUT2D eigenvalue weighted by Crippen LogP contribution is -2.40. The molecular weight excluding hydrogens is 302 g/mol. The van der Waals surface area contributed by atoms with Crippen LogP contribution in [-0.4, -0.2) is 34.8 Å². The second-order valence-corrected chi connectivity index (χ2v) is 6.88. The van der Waals surface area contributed by atoms with E-state index in [0.717, 1.165) is 48.8 Å². The first-order valence-corrected chi connectivity index (χ1v) is 8.62. The molecule has 1 saturated carbocycles. The monoisotopic (exact) mass is 323 g/mol. The van der Waals surface area contributed by atoms with Crippen molar-refractivity contribution in [2.24, 2.45) is 11.7 Å². The fourth-order valence-electron chi connectivity index (χ4n) is 3.63. The molecule has 2 aromatic rings. The van der Waals surface area contributed by atoms with Crippen LogP contribution in [0.5, 0.6) is 0 Å². The molecule has 2 aliphatic rings. The van der Waals surface area contributed by atoms with Crippen molar-refractivity contribution in [2.45, 2.75) is 31.6 Å². The lowest BCUT2D eigenvalue weighted by atomic mass is 9.90. The highest BCUT2D eigenvalue weighted by Gasteiger charge is 2.36. The molecule has 0 radical (unpaired) electrons. The van der Waals surface area contributed by atoms with Gasteiger partial charge in [0, 0.05) is 30.3 Å². The van der Waals surface area contributed by atoms with Gasteiger partial charge in [0.25, 0.3) is 5.91 Å². The minimum atomic E-state index is -0.450. The number of carbonyl (C=O) groups excluding carboxylic acids is 2. The molecule has 0 unspecified atom stereocenters. The van der Waals surface area contributed by atoms with Gasteiger partial charge < -0.3 is 10.6 Å². The highest BCUT2D eigenvalue weighted by molar-refractivity contribution is 5.97. The second-order valence-electron chi connectivity index (χ2n) is 6.88. The molecule has 24 heavy (non-hydrogen) atoms. The van der Waals surface area contributed by atoms with Gasteiger partial charge >= 0.3 is 0 Å². The predicted octanol–water partition coefficient (Wildman–Crippen LogP) is 2.45. The van der Waals surface area contributed by atoms with Crippen LogP contribution in [0, 0.1) is 5.92 Å². The molecular formula is C19H21N3O2. The number of rotatable bonds is 3. The van der Waals surface area contributed by atoms with Gasteiger partial charge in [0.2, 0.25) is 5.91 Å². The summed E-state index contributed by atoms with van der Waals surface area (Å²) in [4.78, 5) is 31.0. The SMILES string of the molecule is NC(=O)c1cc2ccccc2nc1[C@@H]1CCCN(C(=O)C2CC2)C1. The summed E-state index contributed by atoms with van der Waals surface area (Å²) < 4.78 is 0. The third-order valence-corrected chi connectivity index (χ3v) is 5.07. The Morgan fingerprint density at radius 3 is 2.71 bits per heavy atom. The van der Waals surface area contributed by atoms with Crippen molar-refractivity contribution in [1.82, 2.24) is 9.88 Å². The van der Waals surface area contributed by atoms with E-state index < -0.39 is 5.91 Å². The normalized spacial score (nSPS) is 21.0. The van der Waals surface area contributed by atoms with Gasteiger partial charge in [-0.2, -0.15) is 0 Å². The third kappa shape index (κ3) is 2.75. The number of pyridine rings is 1. The summed E-state index contributed by atoms with van der Waals surface area (Å²) >= 11 is 0. The molecule has 5 nitrogen and oxygen atoms in total. The summed E-state index contributed by atoms with van der Waals surface area (Å²) in [5.41, 5.74) is 7.70. The molecule has 1 saturated heterocycles. The topological polar surface area (TPSA) is 76.3 Å². The molecule has 0 spiro atoms. The Bertz CT molecular complexity index is 813. The second kappa shape index (κ2) is 5.89. The maximum absolute atomic E-state index is 12.4. The number of hydrogen-bond acceptors (Lipinski definition) is 3. The first-order valence-electron chi connectivity index (χ1n) is 8.62. The zero-order valence-corrected chi connectivity index (χ0v) is 13.6. The molecule has 1 atom stereocenters. The lowest BCUT2D eigenvalue weighted by Gasteiger charge is -2.33. The Balaban J connectivity index is 1.69. The Morgan fingerprint density at radius 2 is 1.96 bits per heavy atom. The Kier molecular flexibility index (Phi) is 3.71. The molecule has 2 N–H and O–H groups in total. The minimum absolute atomic E-state index is 0.0774. The van der Waals surface area contributed by atoms with Crippen LogP contribution in [0.1, 0.15) is 47.7 Å². The van der Waals surface area contributed by atoms with Crippen LogP contribution in [0.4, 0.5) is 0 Å². The minimum Gasteiger partial charge on any atom is -0.366 e. The Hall–Kier alpha value is -2.43. The number of likely N-dealkylation sites (tertiary alicyclic amines) is 1. The van der Waals surface area contributed by atoms with Crippen molar-refractivity contribution >= 4 is 22.7 Å². The smallest absolute Gasteiger partial charge is 0.250 e. The van der Waals surface area contributed by atoms with E-state index in [2.05, 4.69) is 0 Å². The maximum Gasteiger partial charge on any atom is 0.250 e. The molecule has 2 amide bonds. The highest BCUT2D eigenvalue weighted by atomic mass is 16.2. The van der Waals surface area contributed by atoms with E-state index in [1.807, 2.05) is 35.2 Å². The van der Waals surface area contributed by atoms with Gasteiger partial charge in [-0.1, -0.05) is 18.2 Å². The van der Waals surface area contributed by atoms with Crippen molar-refractivity contribution in [3.8, 4) is 0 Å². The number of fused-ring (bicyclic) bond motifs is 1. The Labute approximate surface area is 140 Å². The number of nitrogens with zero attached hydrogens (tertiary/aromatic N) is 2. The molecule has 2 heterocycles. The molecule has 124 valence electrons. The molecule has 1 aliphatic carbocycles. The molecule has 2 fully saturated rings. The third-order valence-electron chi connectivity index (χ3n) is 5.07. The van der Waals surface area contributed by atoms with Crippen LogP contribution >= 0.6 is 0 Å². The molecule has 1 aromatic carbocycles. The van der Waals surface area contributed by atoms with E-state index in [9.17, 15) is 9.59 Å². The van der Waals surface area contributed by atoms with Crippen LogP contribution in [0.15, 0.2) is 30.3 Å². The van der Waals surface area contributed by atoms with Gasteiger partial charge in [-0.05, 0) is 37.8 Å². The molecule has 0 bridgehead atoms. The van der Waals surface area contributed by atoms with Crippen molar-refractivity contribution in [2.75, 3.05) is 13.1 Å². The summed E-state index contributed by atoms with van der Waals surface area (Å²) in [6.07, 6.45) is 3.90. The van der Waals surface area contributed by atoms with Gasteiger partial charge in [-0.15, -0.1) is 0 Å². The summed E-state index contributed by atoms with van der Waals surface area (Å²) in [6.45, 7) is 1.45. The van der Waals surface area contributed by atoms with E-state index in [1.165, 1.54) is 0 Å². The van der Waals surface area contributed by atoms with Crippen molar-refractivity contribution in [3.05, 3.63) is 41.6 Å². The highest BCUT2D eigenvalue weighted by Crippen LogP contribution is 2.35. The zero-order valence-electron chi connectivity index (χ0n) is 13.6. The number of para-hydroxylation sites is 1. The van der Waals surface area contributed by atoms with E-state index >= 15 is 0 Å². The molecule has 1 aliphatic heterocycles. The van der Waals surface area contributed by atoms with Gasteiger partial charge in [-0.3, -0.25) is 14.6 Å². The number of carbonyl (C=O) groups is 2. The molecule has 4 rings (SSSR count). The van der Waals surface area contributed by atoms with Gasteiger partial charge in [-0.25, -0.2) is 0 Å². The standard InChI is InChI=1S/C19H21N3O2/c20-18(23)15-10-13-4-1-2-6-16(13)21-17(15)14-5-3-9-22(11-14)19(24)12-7-8-12/h1-2,4,6,10,12,14H,3,5,7-9,11H2,(H2,20,23)/t14-/m1/s1. The fourth-order valence-corrected chi connectivity index (χ4v) is 3.63. The number of hydrogen-bond donors (Lipinski definition) is 1. The number of benzene rings is 1. The summed E-state index contributed by atoms with van der Waals surface area (Å²) in [5.74, 6) is 0.118. The average Bonchev–Trinajstić information content (AvgIpc) is 3.45. The van der Waals surface area contributed by atoms with Crippen LogP contribution < -0.4 is 5.73 Å². The van der Waals surface area contributed by atoms with Gasteiger partial charge in [0.05, 0.1) is 16.8 Å². The number of primary amides is 1. The lowest BCUT2D eigenvalue weighted by molar-refractivity contribution is -0.133. The van der Waals surface area contributed by atoms with Crippen LogP contribution in [0.25, 0.3) is 10.9 Å².